The number of carbonyl (C=O) groups is 1. The molecule has 6 nitrogen and oxygen atoms in total. The second-order valence-corrected chi connectivity index (χ2v) is 11.1. The molecule has 1 heterocycles. The monoisotopic (exact) mass is 561 g/mol. The summed E-state index contributed by atoms with van der Waals surface area (Å²) in [5.41, 5.74) is 2.98. The van der Waals surface area contributed by atoms with Gasteiger partial charge in [-0.3, -0.25) is 14.3 Å². The van der Waals surface area contributed by atoms with Crippen LogP contribution >= 0.6 is 0 Å². The first-order valence-electron chi connectivity index (χ1n) is 15.9. The predicted octanol–water partition coefficient (Wildman–Crippen LogP) is 8.77. The number of aryl methyl sites for hydroxylation is 1. The first kappa shape index (κ1) is 32.2. The number of carbonyl (C=O) groups excluding carboxylic acids is 1. The van der Waals surface area contributed by atoms with Crippen molar-refractivity contribution in [3.8, 4) is 11.4 Å². The Bertz CT molecular complexity index is 1260. The Labute approximate surface area is 247 Å². The number of amides is 1. The second-order valence-electron chi connectivity index (χ2n) is 11.1. The number of rotatable bonds is 19. The van der Waals surface area contributed by atoms with Crippen molar-refractivity contribution in [1.29, 1.82) is 0 Å². The molecule has 1 aromatic heterocycles. The van der Waals surface area contributed by atoms with Crippen molar-refractivity contribution in [3.05, 3.63) is 75.7 Å². The van der Waals surface area contributed by atoms with Crippen LogP contribution in [-0.2, 0) is 13.5 Å². The van der Waals surface area contributed by atoms with Gasteiger partial charge in [-0.05, 0) is 50.5 Å². The van der Waals surface area contributed by atoms with Gasteiger partial charge in [0.05, 0.1) is 23.6 Å². The van der Waals surface area contributed by atoms with Gasteiger partial charge < -0.3 is 10.1 Å². The molecule has 0 aliphatic heterocycles. The minimum Gasteiger partial charge on any atom is -0.493 e. The highest BCUT2D eigenvalue weighted by atomic mass is 16.5. The summed E-state index contributed by atoms with van der Waals surface area (Å²) < 4.78 is 9.22. The van der Waals surface area contributed by atoms with Gasteiger partial charge in [0, 0.05) is 7.05 Å². The predicted molar refractivity (Wildman–Crippen MR) is 171 cm³/mol. The molecule has 0 saturated heterocycles. The standard InChI is InChI=1S/C35H51N3O3/c1-5-7-8-9-10-11-12-13-14-15-16-17-19-23-29-24-22-27-31(41-6-2)32(29)34(39)36-33-28(3)37(4)38(35(33)40)30-25-20-18-21-26-30/h18,20-22,24-27H,5-17,19,23H2,1-4H3,(H,36,39). The zero-order valence-electron chi connectivity index (χ0n) is 25.8. The molecule has 0 unspecified atom stereocenters. The highest BCUT2D eigenvalue weighted by molar-refractivity contribution is 6.07. The van der Waals surface area contributed by atoms with E-state index in [4.69, 9.17) is 4.74 Å². The molecule has 2 aromatic carbocycles. The Morgan fingerprint density at radius 1 is 0.780 bits per heavy atom. The molecule has 3 rings (SSSR count). The summed E-state index contributed by atoms with van der Waals surface area (Å²) in [5, 5.41) is 2.94. The summed E-state index contributed by atoms with van der Waals surface area (Å²) in [7, 11) is 1.83. The molecule has 0 radical (unpaired) electrons. The van der Waals surface area contributed by atoms with Crippen LogP contribution in [-0.4, -0.2) is 21.9 Å². The van der Waals surface area contributed by atoms with Gasteiger partial charge in [-0.25, -0.2) is 4.68 Å². The van der Waals surface area contributed by atoms with Crippen LogP contribution in [0.2, 0.25) is 0 Å². The highest BCUT2D eigenvalue weighted by Gasteiger charge is 2.22. The molecule has 0 spiro atoms. The van der Waals surface area contributed by atoms with Crippen LogP contribution in [0.5, 0.6) is 5.75 Å². The molecule has 0 saturated carbocycles. The number of para-hydroxylation sites is 1. The van der Waals surface area contributed by atoms with E-state index in [0.29, 0.717) is 29.3 Å². The Balaban J connectivity index is 1.57. The average Bonchev–Trinajstić information content (AvgIpc) is 3.18. The van der Waals surface area contributed by atoms with E-state index < -0.39 is 0 Å². The Kier molecular flexibility index (Phi) is 13.8. The largest absolute Gasteiger partial charge is 0.493 e. The number of aromatic nitrogens is 2. The van der Waals surface area contributed by atoms with E-state index in [0.717, 1.165) is 30.5 Å². The lowest BCUT2D eigenvalue weighted by Crippen LogP contribution is -2.23. The lowest BCUT2D eigenvalue weighted by atomic mass is 9.98. The first-order valence-corrected chi connectivity index (χ1v) is 15.9. The maximum absolute atomic E-state index is 13.7. The van der Waals surface area contributed by atoms with E-state index in [1.165, 1.54) is 70.6 Å². The Hall–Kier alpha value is -3.28. The maximum atomic E-state index is 13.7. The van der Waals surface area contributed by atoms with E-state index in [9.17, 15) is 9.59 Å². The minimum absolute atomic E-state index is 0.253. The van der Waals surface area contributed by atoms with Gasteiger partial charge in [-0.2, -0.15) is 0 Å². The van der Waals surface area contributed by atoms with Gasteiger partial charge >= 0.3 is 0 Å². The van der Waals surface area contributed by atoms with Crippen molar-refractivity contribution < 1.29 is 9.53 Å². The number of unbranched alkanes of at least 4 members (excludes halogenated alkanes) is 12. The SMILES string of the molecule is CCCCCCCCCCCCCCCc1cccc(OCC)c1C(=O)Nc1c(C)n(C)n(-c2ccccc2)c1=O. The maximum Gasteiger partial charge on any atom is 0.295 e. The van der Waals surface area contributed by atoms with E-state index >= 15 is 0 Å². The first-order chi connectivity index (χ1) is 20.0. The molecule has 0 bridgehead atoms. The second kappa shape index (κ2) is 17.5. The van der Waals surface area contributed by atoms with Crippen LogP contribution in [0.3, 0.4) is 0 Å². The molecule has 0 fully saturated rings. The quantitative estimate of drug-likeness (QED) is 0.149. The molecular formula is C35H51N3O3. The summed E-state index contributed by atoms with van der Waals surface area (Å²) >= 11 is 0. The van der Waals surface area contributed by atoms with Gasteiger partial charge in [0.15, 0.2) is 0 Å². The highest BCUT2D eigenvalue weighted by Crippen LogP contribution is 2.26. The third kappa shape index (κ3) is 9.37. The Morgan fingerprint density at radius 2 is 1.37 bits per heavy atom. The number of nitrogens with one attached hydrogen (secondary N) is 1. The smallest absolute Gasteiger partial charge is 0.295 e. The summed E-state index contributed by atoms with van der Waals surface area (Å²) in [4.78, 5) is 27.1. The molecular weight excluding hydrogens is 510 g/mol. The van der Waals surface area contributed by atoms with Gasteiger partial charge in [-0.15, -0.1) is 0 Å². The molecule has 0 aliphatic rings. The Morgan fingerprint density at radius 3 is 1.95 bits per heavy atom. The summed E-state index contributed by atoms with van der Waals surface area (Å²) in [6.45, 7) is 6.50. The fourth-order valence-electron chi connectivity index (χ4n) is 5.54. The fourth-order valence-corrected chi connectivity index (χ4v) is 5.54. The zero-order chi connectivity index (χ0) is 29.5. The van der Waals surface area contributed by atoms with E-state index in [2.05, 4.69) is 12.2 Å². The topological polar surface area (TPSA) is 65.3 Å². The molecule has 224 valence electrons. The van der Waals surface area contributed by atoms with Crippen molar-refractivity contribution in [1.82, 2.24) is 9.36 Å². The number of hydrogen-bond donors (Lipinski definition) is 1. The normalized spacial score (nSPS) is 11.1. The molecule has 1 N–H and O–H groups in total. The fraction of sp³-hybridized carbons (Fsp3) is 0.543. The van der Waals surface area contributed by atoms with E-state index in [1.54, 1.807) is 9.36 Å². The molecule has 0 aliphatic carbocycles. The van der Waals surface area contributed by atoms with Gasteiger partial charge in [0.25, 0.3) is 11.5 Å². The van der Waals surface area contributed by atoms with Crippen LogP contribution in [0, 0.1) is 6.92 Å². The van der Waals surface area contributed by atoms with Gasteiger partial charge in [-0.1, -0.05) is 114 Å². The third-order valence-electron chi connectivity index (χ3n) is 7.98. The number of benzene rings is 2. The zero-order valence-corrected chi connectivity index (χ0v) is 25.8. The summed E-state index contributed by atoms with van der Waals surface area (Å²) in [6, 6.07) is 15.3. The summed E-state index contributed by atoms with van der Waals surface area (Å²) in [5.74, 6) is 0.263. The van der Waals surface area contributed by atoms with Crippen molar-refractivity contribution >= 4 is 11.6 Å². The van der Waals surface area contributed by atoms with Crippen LogP contribution in [0.4, 0.5) is 5.69 Å². The van der Waals surface area contributed by atoms with Gasteiger partial charge in [0.2, 0.25) is 0 Å². The van der Waals surface area contributed by atoms with Crippen LogP contribution in [0.15, 0.2) is 53.3 Å². The van der Waals surface area contributed by atoms with Crippen molar-refractivity contribution in [3.63, 3.8) is 0 Å². The minimum atomic E-state index is -0.301. The van der Waals surface area contributed by atoms with E-state index in [1.807, 2.05) is 69.4 Å². The number of hydrogen-bond acceptors (Lipinski definition) is 3. The molecule has 6 heteroatoms. The number of ether oxygens (including phenoxy) is 1. The molecule has 3 aromatic rings. The summed E-state index contributed by atoms with van der Waals surface area (Å²) in [6.07, 6.45) is 17.8. The van der Waals surface area contributed by atoms with Crippen LogP contribution in [0.25, 0.3) is 5.69 Å². The number of nitrogens with zero attached hydrogens (tertiary/aromatic N) is 2. The average molecular weight is 562 g/mol. The van der Waals surface area contributed by atoms with Crippen LogP contribution < -0.4 is 15.6 Å². The molecule has 0 atom stereocenters. The third-order valence-corrected chi connectivity index (χ3v) is 7.98. The molecule has 41 heavy (non-hydrogen) atoms. The van der Waals surface area contributed by atoms with Crippen molar-refractivity contribution in [2.45, 2.75) is 111 Å². The van der Waals surface area contributed by atoms with E-state index in [-0.39, 0.29) is 11.5 Å². The van der Waals surface area contributed by atoms with Gasteiger partial charge in [0.1, 0.15) is 11.4 Å². The number of anilines is 1. The lowest BCUT2D eigenvalue weighted by Gasteiger charge is -2.15. The lowest BCUT2D eigenvalue weighted by molar-refractivity contribution is 0.102. The van der Waals surface area contributed by atoms with Crippen molar-refractivity contribution in [2.24, 2.45) is 7.05 Å². The molecule has 1 amide bonds. The van der Waals surface area contributed by atoms with Crippen LogP contribution in [0.1, 0.15) is 119 Å². The van der Waals surface area contributed by atoms with Crippen molar-refractivity contribution in [2.75, 3.05) is 11.9 Å².